The predicted octanol–water partition coefficient (Wildman–Crippen LogP) is 1.42. The van der Waals surface area contributed by atoms with Crippen molar-refractivity contribution in [2.24, 2.45) is 11.3 Å². The second-order valence-corrected chi connectivity index (χ2v) is 9.32. The number of nitrogens with zero attached hydrogens (tertiary/aromatic N) is 2. The molecule has 1 saturated carbocycles. The monoisotopic (exact) mass is 416 g/mol. The molecular weight excluding hydrogens is 384 g/mol. The quantitative estimate of drug-likeness (QED) is 0.757. The van der Waals surface area contributed by atoms with Crippen molar-refractivity contribution in [2.75, 3.05) is 26.2 Å². The zero-order chi connectivity index (χ0) is 21.1. The fourth-order valence-corrected chi connectivity index (χ4v) is 5.51. The zero-order valence-corrected chi connectivity index (χ0v) is 17.6. The molecule has 1 atom stereocenters. The minimum atomic E-state index is -0.471. The van der Waals surface area contributed by atoms with E-state index in [1.54, 1.807) is 4.90 Å². The van der Waals surface area contributed by atoms with Gasteiger partial charge in [-0.1, -0.05) is 32.1 Å². The Bertz CT molecular complexity index is 901. The Hall–Kier alpha value is -2.38. The van der Waals surface area contributed by atoms with Crippen LogP contribution < -0.4 is 11.1 Å². The first-order chi connectivity index (χ1) is 14.5. The van der Waals surface area contributed by atoms with Crippen molar-refractivity contribution in [3.63, 3.8) is 0 Å². The lowest BCUT2D eigenvalue weighted by Gasteiger charge is -2.40. The normalized spacial score (nSPS) is 25.3. The Kier molecular flexibility index (Phi) is 6.11. The van der Waals surface area contributed by atoms with Crippen LogP contribution in [0, 0.1) is 11.3 Å². The molecule has 2 aliphatic heterocycles. The van der Waals surface area contributed by atoms with E-state index >= 15 is 0 Å². The largest absolute Gasteiger partial charge is 0.342 e. The second kappa shape index (κ2) is 8.78. The van der Waals surface area contributed by atoms with Crippen molar-refractivity contribution in [3.8, 4) is 0 Å². The summed E-state index contributed by atoms with van der Waals surface area (Å²) in [5.41, 5.74) is -1.21. The number of carbonyl (C=O) groups is 2. The molecule has 1 aromatic rings. The molecule has 30 heavy (non-hydrogen) atoms. The van der Waals surface area contributed by atoms with Crippen LogP contribution in [0.2, 0.25) is 0 Å². The molecule has 3 heterocycles. The van der Waals surface area contributed by atoms with Gasteiger partial charge < -0.3 is 9.80 Å². The van der Waals surface area contributed by atoms with Gasteiger partial charge in [-0.3, -0.25) is 29.4 Å². The number of aromatic amines is 2. The van der Waals surface area contributed by atoms with Crippen molar-refractivity contribution in [3.05, 3.63) is 32.3 Å². The van der Waals surface area contributed by atoms with Crippen LogP contribution in [0.4, 0.5) is 0 Å². The maximum Gasteiger partial charge on any atom is 0.266 e. The maximum absolute atomic E-state index is 13.3. The highest BCUT2D eigenvalue weighted by Gasteiger charge is 2.49. The van der Waals surface area contributed by atoms with Crippen molar-refractivity contribution >= 4 is 11.8 Å². The number of rotatable bonds is 5. The van der Waals surface area contributed by atoms with Gasteiger partial charge in [-0.05, 0) is 31.6 Å². The number of aromatic nitrogens is 2. The van der Waals surface area contributed by atoms with Crippen molar-refractivity contribution in [1.82, 2.24) is 20.0 Å². The second-order valence-electron chi connectivity index (χ2n) is 9.32. The molecule has 3 aliphatic rings. The number of likely N-dealkylation sites (tertiary alicyclic amines) is 2. The summed E-state index contributed by atoms with van der Waals surface area (Å²) >= 11 is 0. The highest BCUT2D eigenvalue weighted by molar-refractivity contribution is 5.86. The number of amides is 2. The molecule has 2 amide bonds. The summed E-state index contributed by atoms with van der Waals surface area (Å²) in [6.07, 6.45) is 10.0. The summed E-state index contributed by atoms with van der Waals surface area (Å²) in [5.74, 6) is 0.752. The Balaban J connectivity index is 1.36. The molecule has 0 aromatic carbocycles. The number of nitrogens with one attached hydrogen (secondary N) is 2. The lowest BCUT2D eigenvalue weighted by molar-refractivity contribution is -0.146. The van der Waals surface area contributed by atoms with Crippen LogP contribution in [0.25, 0.3) is 0 Å². The van der Waals surface area contributed by atoms with Crippen molar-refractivity contribution in [1.29, 1.82) is 0 Å². The smallest absolute Gasteiger partial charge is 0.266 e. The molecule has 2 saturated heterocycles. The van der Waals surface area contributed by atoms with E-state index in [9.17, 15) is 19.2 Å². The topological polar surface area (TPSA) is 106 Å². The van der Waals surface area contributed by atoms with Crippen LogP contribution in [-0.4, -0.2) is 58.0 Å². The van der Waals surface area contributed by atoms with Gasteiger partial charge >= 0.3 is 0 Å². The maximum atomic E-state index is 13.3. The molecule has 8 nitrogen and oxygen atoms in total. The minimum absolute atomic E-state index is 0.116. The van der Waals surface area contributed by atoms with Crippen LogP contribution in [0.15, 0.2) is 15.7 Å². The van der Waals surface area contributed by atoms with Crippen LogP contribution in [-0.2, 0) is 16.0 Å². The van der Waals surface area contributed by atoms with Gasteiger partial charge in [-0.15, -0.1) is 0 Å². The molecule has 0 radical (unpaired) electrons. The number of hydrogen-bond donors (Lipinski definition) is 2. The molecule has 8 heteroatoms. The third-order valence-electron chi connectivity index (χ3n) is 7.30. The van der Waals surface area contributed by atoms with Crippen molar-refractivity contribution < 1.29 is 9.59 Å². The van der Waals surface area contributed by atoms with Gasteiger partial charge in [-0.2, -0.15) is 0 Å². The van der Waals surface area contributed by atoms with Crippen molar-refractivity contribution in [2.45, 2.75) is 64.2 Å². The standard InChI is InChI=1S/C22H32N4O4/c27-18-13-17(20(29)24-23-18)14-19(28)26-12-9-22(15-26)8-4-10-25(21(22)30)11-7-16-5-2-1-3-6-16/h13,16H,1-12,14-15H2,(H,23,27)(H,24,29)/t22-/m0/s1. The summed E-state index contributed by atoms with van der Waals surface area (Å²) < 4.78 is 0. The average molecular weight is 417 g/mol. The van der Waals surface area contributed by atoms with Crippen LogP contribution in [0.5, 0.6) is 0 Å². The van der Waals surface area contributed by atoms with Crippen LogP contribution in [0.1, 0.15) is 63.4 Å². The van der Waals surface area contributed by atoms with Gasteiger partial charge in [-0.25, -0.2) is 0 Å². The van der Waals surface area contributed by atoms with Gasteiger partial charge in [0.1, 0.15) is 0 Å². The van der Waals surface area contributed by atoms with Gasteiger partial charge in [0.2, 0.25) is 11.8 Å². The summed E-state index contributed by atoms with van der Waals surface area (Å²) in [5, 5.41) is 4.46. The molecule has 0 bridgehead atoms. The molecule has 164 valence electrons. The Morgan fingerprint density at radius 2 is 1.83 bits per heavy atom. The first kappa shape index (κ1) is 20.9. The zero-order valence-electron chi connectivity index (χ0n) is 17.6. The van der Waals surface area contributed by atoms with E-state index in [0.717, 1.165) is 38.3 Å². The van der Waals surface area contributed by atoms with Crippen LogP contribution in [0.3, 0.4) is 0 Å². The van der Waals surface area contributed by atoms with Gasteiger partial charge in [0.15, 0.2) is 0 Å². The fourth-order valence-electron chi connectivity index (χ4n) is 5.51. The van der Waals surface area contributed by atoms with E-state index in [1.807, 2.05) is 4.90 Å². The molecule has 2 N–H and O–H groups in total. The van der Waals surface area contributed by atoms with E-state index < -0.39 is 16.5 Å². The van der Waals surface area contributed by atoms with E-state index in [2.05, 4.69) is 10.2 Å². The SMILES string of the molecule is O=C(Cc1cc(=O)[nH][nH]c1=O)N1CC[C@@]2(CCCN(CCC3CCCCC3)C2=O)C1. The Morgan fingerprint density at radius 1 is 1.03 bits per heavy atom. The number of H-pyrrole nitrogens is 2. The van der Waals surface area contributed by atoms with E-state index in [1.165, 1.54) is 38.2 Å². The van der Waals surface area contributed by atoms with Gasteiger partial charge in [0.05, 0.1) is 11.8 Å². The number of piperidine rings is 1. The highest BCUT2D eigenvalue weighted by Crippen LogP contribution is 2.40. The van der Waals surface area contributed by atoms with Gasteiger partial charge in [0, 0.05) is 37.8 Å². The van der Waals surface area contributed by atoms with E-state index in [4.69, 9.17) is 0 Å². The summed E-state index contributed by atoms with van der Waals surface area (Å²) in [4.78, 5) is 53.1. The lowest BCUT2D eigenvalue weighted by atomic mass is 9.78. The van der Waals surface area contributed by atoms with Gasteiger partial charge in [0.25, 0.3) is 11.1 Å². The predicted molar refractivity (Wildman–Crippen MR) is 112 cm³/mol. The molecule has 4 rings (SSSR count). The minimum Gasteiger partial charge on any atom is -0.342 e. The molecule has 1 aliphatic carbocycles. The van der Waals surface area contributed by atoms with E-state index in [-0.39, 0.29) is 23.8 Å². The molecule has 3 fully saturated rings. The van der Waals surface area contributed by atoms with E-state index in [0.29, 0.717) is 19.5 Å². The Labute approximate surface area is 176 Å². The Morgan fingerprint density at radius 3 is 2.63 bits per heavy atom. The van der Waals surface area contributed by atoms with Crippen LogP contribution >= 0.6 is 0 Å². The molecular formula is C22H32N4O4. The first-order valence-electron chi connectivity index (χ1n) is 11.3. The lowest BCUT2D eigenvalue weighted by Crippen LogP contribution is -2.51. The first-order valence-corrected chi connectivity index (χ1v) is 11.3. The summed E-state index contributed by atoms with van der Waals surface area (Å²) in [6.45, 7) is 2.61. The number of carbonyl (C=O) groups excluding carboxylic acids is 2. The summed E-state index contributed by atoms with van der Waals surface area (Å²) in [7, 11) is 0. The fraction of sp³-hybridized carbons (Fsp3) is 0.727. The molecule has 0 unspecified atom stereocenters. The average Bonchev–Trinajstić information content (AvgIpc) is 3.18. The summed E-state index contributed by atoms with van der Waals surface area (Å²) in [6, 6.07) is 1.17. The third-order valence-corrected chi connectivity index (χ3v) is 7.30. The highest BCUT2D eigenvalue weighted by atomic mass is 16.2. The third kappa shape index (κ3) is 4.37. The molecule has 1 aromatic heterocycles. The number of hydrogen-bond acceptors (Lipinski definition) is 4. The molecule has 1 spiro atoms.